The van der Waals surface area contributed by atoms with Crippen LogP contribution in [-0.2, 0) is 17.8 Å². The Bertz CT molecular complexity index is 857. The number of likely N-dealkylation sites (tertiary alicyclic amines) is 1. The number of nitrogens with one attached hydrogen (secondary N) is 1. The van der Waals surface area contributed by atoms with E-state index in [1.165, 1.54) is 6.33 Å². The van der Waals surface area contributed by atoms with Gasteiger partial charge in [0.15, 0.2) is 0 Å². The number of fused-ring (bicyclic) bond motifs is 1. The van der Waals surface area contributed by atoms with Gasteiger partial charge in [-0.2, -0.15) is 0 Å². The molecule has 2 aliphatic heterocycles. The summed E-state index contributed by atoms with van der Waals surface area (Å²) < 4.78 is 0. The first-order valence-corrected chi connectivity index (χ1v) is 9.22. The van der Waals surface area contributed by atoms with Crippen LogP contribution in [0.4, 0.5) is 5.82 Å². The second-order valence-electron chi connectivity index (χ2n) is 6.84. The molecule has 0 radical (unpaired) electrons. The molecular weight excluding hydrogens is 344 g/mol. The standard InChI is InChI=1S/C19H22N6O2/c1-2-24-10-14(8-17(24)26)23-18-15-5-7-25(11-16(15)21-12-22-18)19(27)13-4-3-6-20-9-13/h3-4,6,9,12,14H,2,5,7-8,10-11H2,1H3,(H,21,22,23). The fourth-order valence-electron chi connectivity index (χ4n) is 3.69. The minimum Gasteiger partial charge on any atom is -0.365 e. The Balaban J connectivity index is 1.49. The maximum atomic E-state index is 12.7. The maximum Gasteiger partial charge on any atom is 0.255 e. The van der Waals surface area contributed by atoms with Crippen molar-refractivity contribution in [3.05, 3.63) is 47.7 Å². The van der Waals surface area contributed by atoms with Crippen LogP contribution in [0.25, 0.3) is 0 Å². The molecule has 2 aliphatic rings. The van der Waals surface area contributed by atoms with E-state index in [-0.39, 0.29) is 17.9 Å². The molecule has 2 aromatic heterocycles. The SMILES string of the molecule is CCN1CC(Nc2ncnc3c2CCN(C(=O)c2cccnc2)C3)CC1=O. The maximum absolute atomic E-state index is 12.7. The number of aromatic nitrogens is 3. The van der Waals surface area contributed by atoms with Crippen LogP contribution in [0, 0.1) is 0 Å². The lowest BCUT2D eigenvalue weighted by molar-refractivity contribution is -0.127. The third-order valence-corrected chi connectivity index (χ3v) is 5.14. The molecule has 2 amide bonds. The van der Waals surface area contributed by atoms with Crippen molar-refractivity contribution >= 4 is 17.6 Å². The van der Waals surface area contributed by atoms with Crippen molar-refractivity contribution in [3.8, 4) is 0 Å². The molecule has 0 aromatic carbocycles. The van der Waals surface area contributed by atoms with Gasteiger partial charge in [0, 0.05) is 44.0 Å². The second kappa shape index (κ2) is 7.30. The highest BCUT2D eigenvalue weighted by atomic mass is 16.2. The van der Waals surface area contributed by atoms with Crippen LogP contribution in [-0.4, -0.2) is 62.2 Å². The number of pyridine rings is 1. The van der Waals surface area contributed by atoms with Crippen molar-refractivity contribution in [2.45, 2.75) is 32.4 Å². The highest BCUT2D eigenvalue weighted by molar-refractivity contribution is 5.94. The average Bonchev–Trinajstić information content (AvgIpc) is 3.07. The fraction of sp³-hybridized carbons (Fsp3) is 0.421. The molecule has 1 atom stereocenters. The topological polar surface area (TPSA) is 91.3 Å². The summed E-state index contributed by atoms with van der Waals surface area (Å²) in [5, 5.41) is 3.41. The lowest BCUT2D eigenvalue weighted by atomic mass is 10.0. The van der Waals surface area contributed by atoms with Gasteiger partial charge >= 0.3 is 0 Å². The van der Waals surface area contributed by atoms with Gasteiger partial charge in [-0.25, -0.2) is 9.97 Å². The van der Waals surface area contributed by atoms with E-state index in [4.69, 9.17) is 0 Å². The van der Waals surface area contributed by atoms with Crippen LogP contribution in [0.1, 0.15) is 35.0 Å². The summed E-state index contributed by atoms with van der Waals surface area (Å²) in [5.41, 5.74) is 2.47. The Labute approximate surface area is 157 Å². The van der Waals surface area contributed by atoms with E-state index in [1.54, 1.807) is 29.4 Å². The summed E-state index contributed by atoms with van der Waals surface area (Å²) in [6.45, 7) is 4.46. The van der Waals surface area contributed by atoms with Crippen molar-refractivity contribution < 1.29 is 9.59 Å². The van der Waals surface area contributed by atoms with E-state index < -0.39 is 0 Å². The summed E-state index contributed by atoms with van der Waals surface area (Å²) in [7, 11) is 0. The number of carbonyl (C=O) groups excluding carboxylic acids is 2. The van der Waals surface area contributed by atoms with Crippen molar-refractivity contribution in [2.24, 2.45) is 0 Å². The summed E-state index contributed by atoms with van der Waals surface area (Å²) >= 11 is 0. The van der Waals surface area contributed by atoms with E-state index in [0.29, 0.717) is 38.0 Å². The van der Waals surface area contributed by atoms with Crippen LogP contribution in [0.5, 0.6) is 0 Å². The Morgan fingerprint density at radius 3 is 3.00 bits per heavy atom. The number of hydrogen-bond acceptors (Lipinski definition) is 6. The number of anilines is 1. The molecular formula is C19H22N6O2. The lowest BCUT2D eigenvalue weighted by Gasteiger charge is -2.29. The monoisotopic (exact) mass is 366 g/mol. The van der Waals surface area contributed by atoms with E-state index in [1.807, 2.05) is 11.8 Å². The minimum absolute atomic E-state index is 0.0400. The molecule has 27 heavy (non-hydrogen) atoms. The zero-order valence-corrected chi connectivity index (χ0v) is 15.3. The Morgan fingerprint density at radius 2 is 2.26 bits per heavy atom. The number of rotatable bonds is 4. The highest BCUT2D eigenvalue weighted by Crippen LogP contribution is 2.25. The molecule has 8 heteroatoms. The first kappa shape index (κ1) is 17.4. The minimum atomic E-state index is -0.0400. The number of hydrogen-bond donors (Lipinski definition) is 1. The van der Waals surface area contributed by atoms with Crippen LogP contribution in [0.3, 0.4) is 0 Å². The molecule has 1 unspecified atom stereocenters. The zero-order valence-electron chi connectivity index (χ0n) is 15.3. The quantitative estimate of drug-likeness (QED) is 0.871. The summed E-state index contributed by atoms with van der Waals surface area (Å²) in [6, 6.07) is 3.60. The van der Waals surface area contributed by atoms with Gasteiger partial charge in [-0.05, 0) is 25.5 Å². The molecule has 2 aromatic rings. The highest BCUT2D eigenvalue weighted by Gasteiger charge is 2.30. The molecule has 0 bridgehead atoms. The van der Waals surface area contributed by atoms with Gasteiger partial charge in [0.25, 0.3) is 5.91 Å². The Kier molecular flexibility index (Phi) is 4.70. The fourth-order valence-corrected chi connectivity index (χ4v) is 3.69. The third-order valence-electron chi connectivity index (χ3n) is 5.14. The van der Waals surface area contributed by atoms with Gasteiger partial charge in [-0.3, -0.25) is 14.6 Å². The third kappa shape index (κ3) is 3.47. The molecule has 8 nitrogen and oxygen atoms in total. The predicted molar refractivity (Wildman–Crippen MR) is 99.0 cm³/mol. The van der Waals surface area contributed by atoms with Crippen molar-refractivity contribution in [2.75, 3.05) is 25.0 Å². The first-order chi connectivity index (χ1) is 13.2. The summed E-state index contributed by atoms with van der Waals surface area (Å²) in [6.07, 6.45) is 5.93. The van der Waals surface area contributed by atoms with Crippen LogP contribution >= 0.6 is 0 Å². The number of carbonyl (C=O) groups is 2. The zero-order chi connectivity index (χ0) is 18.8. The van der Waals surface area contributed by atoms with E-state index in [9.17, 15) is 9.59 Å². The van der Waals surface area contributed by atoms with E-state index in [2.05, 4.69) is 20.3 Å². The molecule has 4 rings (SSSR count). The van der Waals surface area contributed by atoms with Crippen LogP contribution in [0.2, 0.25) is 0 Å². The summed E-state index contributed by atoms with van der Waals surface area (Å²) in [4.78, 5) is 41.1. The average molecular weight is 366 g/mol. The number of nitrogens with zero attached hydrogens (tertiary/aromatic N) is 5. The van der Waals surface area contributed by atoms with Gasteiger partial charge < -0.3 is 15.1 Å². The molecule has 1 N–H and O–H groups in total. The lowest BCUT2D eigenvalue weighted by Crippen LogP contribution is -2.37. The van der Waals surface area contributed by atoms with Crippen LogP contribution in [0.15, 0.2) is 30.9 Å². The molecule has 4 heterocycles. The number of likely N-dealkylation sites (N-methyl/N-ethyl adjacent to an activating group) is 1. The molecule has 0 spiro atoms. The Morgan fingerprint density at radius 1 is 1.37 bits per heavy atom. The van der Waals surface area contributed by atoms with Gasteiger partial charge in [0.2, 0.25) is 5.91 Å². The summed E-state index contributed by atoms with van der Waals surface area (Å²) in [5.74, 6) is 0.914. The van der Waals surface area contributed by atoms with Gasteiger partial charge in [-0.1, -0.05) is 0 Å². The second-order valence-corrected chi connectivity index (χ2v) is 6.84. The molecule has 0 aliphatic carbocycles. The Hall–Kier alpha value is -3.03. The predicted octanol–water partition coefficient (Wildman–Crippen LogP) is 1.10. The molecule has 1 saturated heterocycles. The van der Waals surface area contributed by atoms with Crippen molar-refractivity contribution in [3.63, 3.8) is 0 Å². The van der Waals surface area contributed by atoms with Gasteiger partial charge in [0.05, 0.1) is 23.8 Å². The smallest absolute Gasteiger partial charge is 0.255 e. The molecule has 1 fully saturated rings. The largest absolute Gasteiger partial charge is 0.365 e. The first-order valence-electron chi connectivity index (χ1n) is 9.22. The van der Waals surface area contributed by atoms with Gasteiger partial charge in [0.1, 0.15) is 12.1 Å². The molecule has 140 valence electrons. The van der Waals surface area contributed by atoms with E-state index >= 15 is 0 Å². The van der Waals surface area contributed by atoms with Crippen molar-refractivity contribution in [1.82, 2.24) is 24.8 Å². The van der Waals surface area contributed by atoms with Crippen molar-refractivity contribution in [1.29, 1.82) is 0 Å². The number of amides is 2. The van der Waals surface area contributed by atoms with Gasteiger partial charge in [-0.15, -0.1) is 0 Å². The van der Waals surface area contributed by atoms with Crippen LogP contribution < -0.4 is 5.32 Å². The normalized spacial score (nSPS) is 19.1. The van der Waals surface area contributed by atoms with E-state index in [0.717, 1.165) is 23.6 Å². The molecule has 0 saturated carbocycles.